The van der Waals surface area contributed by atoms with Crippen LogP contribution in [0.1, 0.15) is 22.7 Å². The molecule has 1 aliphatic rings. The predicted molar refractivity (Wildman–Crippen MR) is 109 cm³/mol. The molecule has 4 aromatic rings. The number of imidazole rings is 1. The van der Waals surface area contributed by atoms with Crippen LogP contribution in [0.2, 0.25) is 0 Å². The zero-order valence-electron chi connectivity index (χ0n) is 17.1. The molecule has 0 bridgehead atoms. The van der Waals surface area contributed by atoms with E-state index in [0.29, 0.717) is 17.5 Å². The van der Waals surface area contributed by atoms with Crippen LogP contribution < -0.4 is 0 Å². The van der Waals surface area contributed by atoms with Crippen LogP contribution in [0.5, 0.6) is 5.75 Å². The van der Waals surface area contributed by atoms with Crippen molar-refractivity contribution in [2.75, 3.05) is 0 Å². The Morgan fingerprint density at radius 3 is 2.71 bits per heavy atom. The molecule has 0 spiro atoms. The van der Waals surface area contributed by atoms with E-state index in [9.17, 15) is 27.1 Å². The molecule has 2 aromatic carbocycles. The summed E-state index contributed by atoms with van der Waals surface area (Å²) in [7, 11) is 0. The molecular formula is C22H14F5N5O2. The van der Waals surface area contributed by atoms with E-state index < -0.39 is 29.1 Å². The highest BCUT2D eigenvalue weighted by Gasteiger charge is 2.35. The van der Waals surface area contributed by atoms with Crippen molar-refractivity contribution in [2.24, 2.45) is 5.10 Å². The summed E-state index contributed by atoms with van der Waals surface area (Å²) in [5.74, 6) is -2.15. The first kappa shape index (κ1) is 21.6. The van der Waals surface area contributed by atoms with Crippen molar-refractivity contribution in [2.45, 2.75) is 19.3 Å². The Morgan fingerprint density at radius 2 is 1.91 bits per heavy atom. The lowest BCUT2D eigenvalue weighted by atomic mass is 10.0. The highest BCUT2D eigenvalue weighted by molar-refractivity contribution is 5.80. The third-order valence-electron chi connectivity index (χ3n) is 5.18. The van der Waals surface area contributed by atoms with Crippen molar-refractivity contribution in [1.29, 1.82) is 0 Å². The van der Waals surface area contributed by atoms with Crippen molar-refractivity contribution >= 4 is 6.21 Å². The number of rotatable bonds is 4. The lowest BCUT2D eigenvalue weighted by molar-refractivity contribution is -0.137. The summed E-state index contributed by atoms with van der Waals surface area (Å²) in [4.78, 5) is 7.20. The third kappa shape index (κ3) is 3.98. The number of benzene rings is 2. The molecule has 0 atom stereocenters. The fraction of sp³-hybridized carbons (Fsp3) is 0.136. The van der Waals surface area contributed by atoms with Crippen LogP contribution in [0.3, 0.4) is 0 Å². The molecule has 0 unspecified atom stereocenters. The molecule has 2 N–H and O–H groups in total. The molecule has 0 saturated carbocycles. The highest BCUT2D eigenvalue weighted by Crippen LogP contribution is 2.38. The van der Waals surface area contributed by atoms with E-state index >= 15 is 0 Å². The van der Waals surface area contributed by atoms with Gasteiger partial charge in [0.25, 0.3) is 0 Å². The zero-order valence-corrected chi connectivity index (χ0v) is 17.1. The first-order valence-electron chi connectivity index (χ1n) is 9.87. The van der Waals surface area contributed by atoms with Gasteiger partial charge in [0.15, 0.2) is 17.4 Å². The molecule has 0 aliphatic carbocycles. The number of phenols is 1. The maximum Gasteiger partial charge on any atom is 0.417 e. The van der Waals surface area contributed by atoms with E-state index in [1.54, 1.807) is 0 Å². The van der Waals surface area contributed by atoms with Gasteiger partial charge in [-0.2, -0.15) is 18.3 Å². The molecule has 5 rings (SSSR count). The Labute approximate surface area is 188 Å². The van der Waals surface area contributed by atoms with Gasteiger partial charge in [0.1, 0.15) is 23.0 Å². The molecule has 0 saturated heterocycles. The predicted octanol–water partition coefficient (Wildman–Crippen LogP) is 5.08. The molecule has 2 aromatic heterocycles. The van der Waals surface area contributed by atoms with Crippen molar-refractivity contribution in [3.05, 3.63) is 76.8 Å². The summed E-state index contributed by atoms with van der Waals surface area (Å²) in [5, 5.41) is 18.9. The number of phenolic OH excluding ortho intramolecular Hbond substituents is 1. The Bertz CT molecular complexity index is 1410. The van der Waals surface area contributed by atoms with Gasteiger partial charge in [0, 0.05) is 11.6 Å². The number of nitrogens with one attached hydrogen (secondary N) is 1. The summed E-state index contributed by atoms with van der Waals surface area (Å²) in [6.07, 6.45) is -3.27. The van der Waals surface area contributed by atoms with Crippen molar-refractivity contribution in [3.8, 4) is 28.4 Å². The Morgan fingerprint density at radius 1 is 1.09 bits per heavy atom. The molecule has 0 radical (unpaired) electrons. The molecule has 0 amide bonds. The Hall–Kier alpha value is -4.22. The number of fused-ring (bicyclic) bond motifs is 1. The molecule has 34 heavy (non-hydrogen) atoms. The van der Waals surface area contributed by atoms with Crippen LogP contribution in [-0.2, 0) is 19.3 Å². The van der Waals surface area contributed by atoms with Gasteiger partial charge < -0.3 is 14.6 Å². The number of halogens is 5. The first-order valence-corrected chi connectivity index (χ1v) is 9.87. The third-order valence-corrected chi connectivity index (χ3v) is 5.18. The van der Waals surface area contributed by atoms with E-state index in [-0.39, 0.29) is 41.5 Å². The van der Waals surface area contributed by atoms with Crippen LogP contribution in [-0.4, -0.2) is 31.5 Å². The topological polar surface area (TPSA) is 90.5 Å². The van der Waals surface area contributed by atoms with Gasteiger partial charge in [-0.25, -0.2) is 13.8 Å². The van der Waals surface area contributed by atoms with Crippen LogP contribution in [0.25, 0.3) is 22.6 Å². The second-order valence-electron chi connectivity index (χ2n) is 7.52. The first-order chi connectivity index (χ1) is 16.2. The highest BCUT2D eigenvalue weighted by atomic mass is 19.4. The number of aromatic amines is 1. The number of hydrogen-bond donors (Lipinski definition) is 2. The van der Waals surface area contributed by atoms with E-state index in [4.69, 9.17) is 4.52 Å². The number of nitrogens with zero attached hydrogens (tertiary/aromatic N) is 4. The Kier molecular flexibility index (Phi) is 5.07. The maximum absolute atomic E-state index is 14.1. The van der Waals surface area contributed by atoms with Gasteiger partial charge >= 0.3 is 6.18 Å². The monoisotopic (exact) mass is 475 g/mol. The standard InChI is InChI=1S/C22H14F5N5O2/c23-16-3-1-2-14(20(16)24)21-29-18-8-28-32(10-19(18)30-21)9-12-7-17(31-34-12)13-5-4-11(33)6-15(13)22(25,26)27/h1-8,33H,9-10H2,(H,29,30). The average molecular weight is 475 g/mol. The van der Waals surface area contributed by atoms with Crippen molar-refractivity contribution in [3.63, 3.8) is 0 Å². The summed E-state index contributed by atoms with van der Waals surface area (Å²) in [6, 6.07) is 7.99. The number of aromatic nitrogens is 3. The number of alkyl halides is 3. The van der Waals surface area contributed by atoms with E-state index in [1.165, 1.54) is 29.4 Å². The normalized spacial score (nSPS) is 13.4. The number of aromatic hydroxyl groups is 1. The maximum atomic E-state index is 14.1. The second-order valence-corrected chi connectivity index (χ2v) is 7.52. The minimum absolute atomic E-state index is 0.0245. The van der Waals surface area contributed by atoms with Gasteiger partial charge in [-0.3, -0.25) is 5.01 Å². The van der Waals surface area contributed by atoms with Crippen LogP contribution in [0.4, 0.5) is 22.0 Å². The van der Waals surface area contributed by atoms with Gasteiger partial charge in [-0.1, -0.05) is 11.2 Å². The lowest BCUT2D eigenvalue weighted by Crippen LogP contribution is -2.21. The summed E-state index contributed by atoms with van der Waals surface area (Å²) in [6.45, 7) is 0.282. The summed E-state index contributed by atoms with van der Waals surface area (Å²) in [5.41, 5.74) is -0.306. The lowest BCUT2D eigenvalue weighted by Gasteiger charge is -2.19. The van der Waals surface area contributed by atoms with E-state index in [1.807, 2.05) is 0 Å². The fourth-order valence-electron chi connectivity index (χ4n) is 3.61. The molecule has 1 aliphatic heterocycles. The Balaban J connectivity index is 1.35. The number of hydrogen-bond acceptors (Lipinski definition) is 6. The van der Waals surface area contributed by atoms with Crippen LogP contribution in [0.15, 0.2) is 52.1 Å². The average Bonchev–Trinajstić information content (AvgIpc) is 3.42. The molecule has 3 heterocycles. The van der Waals surface area contributed by atoms with Gasteiger partial charge in [-0.15, -0.1) is 0 Å². The van der Waals surface area contributed by atoms with Crippen molar-refractivity contribution < 1.29 is 31.6 Å². The van der Waals surface area contributed by atoms with E-state index in [2.05, 4.69) is 20.2 Å². The van der Waals surface area contributed by atoms with Gasteiger partial charge in [0.2, 0.25) is 0 Å². The minimum Gasteiger partial charge on any atom is -0.508 e. The minimum atomic E-state index is -4.69. The zero-order chi connectivity index (χ0) is 24.0. The number of H-pyrrole nitrogens is 1. The second kappa shape index (κ2) is 7.97. The van der Waals surface area contributed by atoms with Crippen LogP contribution >= 0.6 is 0 Å². The van der Waals surface area contributed by atoms with Crippen molar-refractivity contribution in [1.82, 2.24) is 20.1 Å². The van der Waals surface area contributed by atoms with E-state index in [0.717, 1.165) is 18.2 Å². The molecule has 7 nitrogen and oxygen atoms in total. The fourth-order valence-corrected chi connectivity index (χ4v) is 3.61. The molecule has 0 fully saturated rings. The molecule has 12 heteroatoms. The number of hydrazone groups is 1. The van der Waals surface area contributed by atoms with Gasteiger partial charge in [-0.05, 0) is 30.3 Å². The summed E-state index contributed by atoms with van der Waals surface area (Å²) < 4.78 is 72.9. The smallest absolute Gasteiger partial charge is 0.417 e. The molecule has 174 valence electrons. The van der Waals surface area contributed by atoms with Crippen LogP contribution in [0, 0.1) is 11.6 Å². The largest absolute Gasteiger partial charge is 0.508 e. The SMILES string of the molecule is Oc1ccc(-c2cc(CN3Cc4[nH]c(-c5cccc(F)c5F)nc4C=N3)on2)c(C(F)(F)F)c1. The quantitative estimate of drug-likeness (QED) is 0.402. The molecular weight excluding hydrogens is 461 g/mol. The van der Waals surface area contributed by atoms with Gasteiger partial charge in [0.05, 0.1) is 36.1 Å². The summed E-state index contributed by atoms with van der Waals surface area (Å²) >= 11 is 0.